The van der Waals surface area contributed by atoms with Gasteiger partial charge in [0.2, 0.25) is 5.91 Å². The number of carbonyl (C=O) groups is 2. The van der Waals surface area contributed by atoms with Crippen LogP contribution >= 0.6 is 35.0 Å². The number of anilines is 1. The lowest BCUT2D eigenvalue weighted by molar-refractivity contribution is -0.113. The van der Waals surface area contributed by atoms with Crippen LogP contribution in [-0.4, -0.2) is 39.4 Å². The Kier molecular flexibility index (Phi) is 10.0. The fraction of sp³-hybridized carbons (Fsp3) is 0.360. The Morgan fingerprint density at radius 2 is 1.83 bits per heavy atom. The first kappa shape index (κ1) is 27.8. The highest BCUT2D eigenvalue weighted by molar-refractivity contribution is 7.99. The largest absolute Gasteiger partial charge is 0.497 e. The second-order valence-electron chi connectivity index (χ2n) is 8.43. The Labute approximate surface area is 225 Å². The van der Waals surface area contributed by atoms with E-state index in [1.54, 1.807) is 43.5 Å². The highest BCUT2D eigenvalue weighted by atomic mass is 35.5. The number of amides is 2. The van der Waals surface area contributed by atoms with Crippen molar-refractivity contribution in [3.63, 3.8) is 0 Å². The van der Waals surface area contributed by atoms with Gasteiger partial charge >= 0.3 is 0 Å². The first-order chi connectivity index (χ1) is 17.2. The molecule has 8 nitrogen and oxygen atoms in total. The van der Waals surface area contributed by atoms with E-state index in [-0.39, 0.29) is 34.5 Å². The van der Waals surface area contributed by atoms with Gasteiger partial charge in [0.25, 0.3) is 5.91 Å². The molecule has 0 unspecified atom stereocenters. The molecule has 2 N–H and O–H groups in total. The second-order valence-corrected chi connectivity index (χ2v) is 10.2. The molecule has 1 heterocycles. The molecule has 0 bridgehead atoms. The van der Waals surface area contributed by atoms with E-state index in [2.05, 4.69) is 34.7 Å². The molecule has 11 heteroatoms. The zero-order valence-electron chi connectivity index (χ0n) is 20.5. The van der Waals surface area contributed by atoms with Crippen LogP contribution in [-0.2, 0) is 11.3 Å². The van der Waals surface area contributed by atoms with Crippen molar-refractivity contribution < 1.29 is 14.3 Å². The van der Waals surface area contributed by atoms with Crippen molar-refractivity contribution in [1.82, 2.24) is 20.1 Å². The van der Waals surface area contributed by atoms with Crippen molar-refractivity contribution in [2.24, 2.45) is 5.92 Å². The van der Waals surface area contributed by atoms with Gasteiger partial charge in [-0.15, -0.1) is 10.2 Å². The van der Waals surface area contributed by atoms with Crippen molar-refractivity contribution in [2.45, 2.75) is 44.9 Å². The lowest BCUT2D eigenvalue weighted by atomic mass is 10.0. The summed E-state index contributed by atoms with van der Waals surface area (Å²) in [7, 11) is 1.59. The number of thioether (sulfide) groups is 1. The third-order valence-electron chi connectivity index (χ3n) is 5.27. The molecular weight excluding hydrogens is 521 g/mol. The number of nitrogens with zero attached hydrogens (tertiary/aromatic N) is 3. The molecule has 0 aliphatic heterocycles. The summed E-state index contributed by atoms with van der Waals surface area (Å²) in [6, 6.07) is 11.5. The lowest BCUT2D eigenvalue weighted by Gasteiger charge is -2.21. The first-order valence-corrected chi connectivity index (χ1v) is 13.2. The number of hydrogen-bond donors (Lipinski definition) is 2. The van der Waals surface area contributed by atoms with Crippen LogP contribution in [0.4, 0.5) is 5.69 Å². The third-order valence-corrected chi connectivity index (χ3v) is 6.78. The van der Waals surface area contributed by atoms with E-state index in [4.69, 9.17) is 27.9 Å². The molecule has 0 radical (unpaired) electrons. The zero-order chi connectivity index (χ0) is 26.2. The van der Waals surface area contributed by atoms with E-state index in [1.165, 1.54) is 17.8 Å². The van der Waals surface area contributed by atoms with Gasteiger partial charge in [-0.05, 0) is 61.7 Å². The Morgan fingerprint density at radius 3 is 2.44 bits per heavy atom. The number of halogens is 2. The molecule has 2 aromatic carbocycles. The smallest absolute Gasteiger partial charge is 0.253 e. The number of rotatable bonds is 11. The van der Waals surface area contributed by atoms with Gasteiger partial charge in [0.1, 0.15) is 5.75 Å². The summed E-state index contributed by atoms with van der Waals surface area (Å²) < 4.78 is 7.06. The molecule has 2 amide bonds. The summed E-state index contributed by atoms with van der Waals surface area (Å²) in [4.78, 5) is 25.5. The summed E-state index contributed by atoms with van der Waals surface area (Å²) in [5.74, 6) is 1.30. The topological polar surface area (TPSA) is 98.1 Å². The first-order valence-electron chi connectivity index (χ1n) is 11.5. The fourth-order valence-electron chi connectivity index (χ4n) is 3.57. The van der Waals surface area contributed by atoms with Crippen molar-refractivity contribution in [2.75, 3.05) is 18.2 Å². The van der Waals surface area contributed by atoms with Crippen LogP contribution in [0.25, 0.3) is 0 Å². The number of ether oxygens (including phenoxy) is 1. The van der Waals surface area contributed by atoms with Gasteiger partial charge in [-0.2, -0.15) is 0 Å². The average Bonchev–Trinajstić information content (AvgIpc) is 3.25. The SMILES string of the molecule is CCn1c(SCC(=O)Nc2ccc(OC)cc2)nnc1[C@@H](CC(C)C)NC(=O)c1ccc(Cl)cc1Cl. The molecular formula is C25H29Cl2N5O3S. The monoisotopic (exact) mass is 549 g/mol. The molecule has 192 valence electrons. The number of benzene rings is 2. The molecule has 1 aromatic heterocycles. The molecule has 0 aliphatic carbocycles. The standard InChI is InChI=1S/C25H29Cl2N5O3S/c1-5-32-23(21(12-15(2)3)29-24(34)19-11-6-16(26)13-20(19)27)30-31-25(32)36-14-22(33)28-17-7-9-18(35-4)10-8-17/h6-11,13,15,21H,5,12,14H2,1-4H3,(H,28,33)(H,29,34)/t21-/m1/s1. The van der Waals surface area contributed by atoms with Gasteiger partial charge in [0, 0.05) is 17.3 Å². The summed E-state index contributed by atoms with van der Waals surface area (Å²) in [5.41, 5.74) is 1.02. The quantitative estimate of drug-likeness (QED) is 0.290. The highest BCUT2D eigenvalue weighted by Gasteiger charge is 2.25. The Bertz CT molecular complexity index is 1200. The second kappa shape index (κ2) is 13.0. The summed E-state index contributed by atoms with van der Waals surface area (Å²) in [6.45, 7) is 6.69. The average molecular weight is 551 g/mol. The van der Waals surface area contributed by atoms with Crippen molar-refractivity contribution in [3.05, 3.63) is 63.9 Å². The number of carbonyl (C=O) groups excluding carboxylic acids is 2. The molecule has 0 spiro atoms. The molecule has 0 saturated carbocycles. The van der Waals surface area contributed by atoms with Gasteiger partial charge in [-0.25, -0.2) is 0 Å². The fourth-order valence-corrected chi connectivity index (χ4v) is 4.88. The van der Waals surface area contributed by atoms with Gasteiger partial charge < -0.3 is 19.9 Å². The Balaban J connectivity index is 1.72. The number of methoxy groups -OCH3 is 1. The minimum absolute atomic E-state index is 0.158. The predicted molar refractivity (Wildman–Crippen MR) is 144 cm³/mol. The molecule has 0 saturated heterocycles. The van der Waals surface area contributed by atoms with Crippen LogP contribution in [0.5, 0.6) is 5.75 Å². The summed E-state index contributed by atoms with van der Waals surface area (Å²) in [6.07, 6.45) is 0.651. The number of aromatic nitrogens is 3. The summed E-state index contributed by atoms with van der Waals surface area (Å²) in [5, 5.41) is 15.9. The number of nitrogens with one attached hydrogen (secondary N) is 2. The van der Waals surface area contributed by atoms with E-state index in [9.17, 15) is 9.59 Å². The molecule has 0 fully saturated rings. The minimum atomic E-state index is -0.390. The third kappa shape index (κ3) is 7.38. The molecule has 0 aliphatic rings. The van der Waals surface area contributed by atoms with Crippen molar-refractivity contribution in [1.29, 1.82) is 0 Å². The van der Waals surface area contributed by atoms with E-state index in [0.717, 1.165) is 0 Å². The van der Waals surface area contributed by atoms with Crippen LogP contribution in [0.3, 0.4) is 0 Å². The molecule has 3 rings (SSSR count). The van der Waals surface area contributed by atoms with Crippen LogP contribution in [0.1, 0.15) is 49.4 Å². The number of hydrogen-bond acceptors (Lipinski definition) is 6. The van der Waals surface area contributed by atoms with Crippen LogP contribution < -0.4 is 15.4 Å². The highest BCUT2D eigenvalue weighted by Crippen LogP contribution is 2.27. The van der Waals surface area contributed by atoms with E-state index < -0.39 is 0 Å². The normalized spacial score (nSPS) is 11.9. The van der Waals surface area contributed by atoms with Gasteiger partial charge in [0.05, 0.1) is 29.5 Å². The van der Waals surface area contributed by atoms with E-state index >= 15 is 0 Å². The van der Waals surface area contributed by atoms with E-state index in [0.29, 0.717) is 46.0 Å². The maximum absolute atomic E-state index is 13.0. The van der Waals surface area contributed by atoms with Gasteiger partial charge in [-0.3, -0.25) is 9.59 Å². The molecule has 1 atom stereocenters. The van der Waals surface area contributed by atoms with Gasteiger partial charge in [-0.1, -0.05) is 48.8 Å². The van der Waals surface area contributed by atoms with Crippen molar-refractivity contribution >= 4 is 52.5 Å². The zero-order valence-corrected chi connectivity index (χ0v) is 22.9. The lowest BCUT2D eigenvalue weighted by Crippen LogP contribution is -2.31. The Hall–Kier alpha value is -2.75. The van der Waals surface area contributed by atoms with Gasteiger partial charge in [0.15, 0.2) is 11.0 Å². The van der Waals surface area contributed by atoms with Crippen LogP contribution in [0.2, 0.25) is 10.0 Å². The molecule has 36 heavy (non-hydrogen) atoms. The summed E-state index contributed by atoms with van der Waals surface area (Å²) >= 11 is 13.5. The molecule has 3 aromatic rings. The Morgan fingerprint density at radius 1 is 1.11 bits per heavy atom. The van der Waals surface area contributed by atoms with Crippen molar-refractivity contribution in [3.8, 4) is 5.75 Å². The predicted octanol–water partition coefficient (Wildman–Crippen LogP) is 5.86. The minimum Gasteiger partial charge on any atom is -0.497 e. The maximum atomic E-state index is 13.0. The van der Waals surface area contributed by atoms with Crippen LogP contribution in [0, 0.1) is 5.92 Å². The maximum Gasteiger partial charge on any atom is 0.253 e. The van der Waals surface area contributed by atoms with E-state index in [1.807, 2.05) is 11.5 Å². The van der Waals surface area contributed by atoms with Crippen LogP contribution in [0.15, 0.2) is 47.6 Å².